The zero-order valence-electron chi connectivity index (χ0n) is 14.3. The van der Waals surface area contributed by atoms with Gasteiger partial charge < -0.3 is 15.0 Å². The number of ether oxygens (including phenoxy) is 1. The molecule has 0 saturated carbocycles. The lowest BCUT2D eigenvalue weighted by Gasteiger charge is -2.12. The summed E-state index contributed by atoms with van der Waals surface area (Å²) in [4.78, 5) is 20.0. The van der Waals surface area contributed by atoms with Gasteiger partial charge in [-0.25, -0.2) is 4.98 Å². The Morgan fingerprint density at radius 2 is 2.17 bits per heavy atom. The first-order valence-electron chi connectivity index (χ1n) is 7.93. The van der Waals surface area contributed by atoms with Crippen LogP contribution in [0.15, 0.2) is 23.0 Å². The van der Waals surface area contributed by atoms with Crippen LogP contribution in [0.25, 0.3) is 22.4 Å². The molecular formula is C17H21N5O2. The Labute approximate surface area is 139 Å². The van der Waals surface area contributed by atoms with Gasteiger partial charge in [0, 0.05) is 19.8 Å². The summed E-state index contributed by atoms with van der Waals surface area (Å²) in [5, 5.41) is 7.38. The van der Waals surface area contributed by atoms with Gasteiger partial charge in [-0.15, -0.1) is 0 Å². The summed E-state index contributed by atoms with van der Waals surface area (Å²) in [6, 6.07) is 5.73. The van der Waals surface area contributed by atoms with Crippen LogP contribution in [0.2, 0.25) is 0 Å². The van der Waals surface area contributed by atoms with E-state index in [4.69, 9.17) is 4.74 Å². The van der Waals surface area contributed by atoms with Crippen molar-refractivity contribution in [3.05, 3.63) is 34.2 Å². The van der Waals surface area contributed by atoms with Crippen molar-refractivity contribution in [3.8, 4) is 17.1 Å². The molecule has 7 heteroatoms. The van der Waals surface area contributed by atoms with Gasteiger partial charge in [0.05, 0.1) is 17.9 Å². The van der Waals surface area contributed by atoms with Gasteiger partial charge in [-0.05, 0) is 31.5 Å². The van der Waals surface area contributed by atoms with Gasteiger partial charge in [-0.2, -0.15) is 5.10 Å². The van der Waals surface area contributed by atoms with Crippen LogP contribution in [0.4, 0.5) is 5.69 Å². The number of nitrogens with zero attached hydrogens (tertiary/aromatic N) is 3. The third-order valence-electron chi connectivity index (χ3n) is 3.85. The Morgan fingerprint density at radius 1 is 1.38 bits per heavy atom. The molecule has 0 aliphatic heterocycles. The third-order valence-corrected chi connectivity index (χ3v) is 3.85. The molecule has 0 aliphatic rings. The monoisotopic (exact) mass is 327 g/mol. The number of hydrogen-bond donors (Lipinski definition) is 2. The minimum atomic E-state index is -0.214. The SMILES string of the molecule is CCCOc1ccc(NC)cc1-c1nc2c(C)nn(C)c2c(=O)[nH]1. The molecule has 7 nitrogen and oxygen atoms in total. The number of anilines is 1. The van der Waals surface area contributed by atoms with Gasteiger partial charge in [0.15, 0.2) is 5.52 Å². The van der Waals surface area contributed by atoms with Crippen molar-refractivity contribution in [1.82, 2.24) is 19.7 Å². The van der Waals surface area contributed by atoms with Crippen LogP contribution in [0, 0.1) is 6.92 Å². The van der Waals surface area contributed by atoms with Crippen LogP contribution in [-0.2, 0) is 7.05 Å². The molecule has 0 fully saturated rings. The van der Waals surface area contributed by atoms with E-state index in [1.54, 1.807) is 11.7 Å². The number of fused-ring (bicyclic) bond motifs is 1. The molecule has 0 bridgehead atoms. The minimum absolute atomic E-state index is 0.214. The highest BCUT2D eigenvalue weighted by molar-refractivity contribution is 5.80. The van der Waals surface area contributed by atoms with Crippen molar-refractivity contribution < 1.29 is 4.74 Å². The molecule has 0 atom stereocenters. The average molecular weight is 327 g/mol. The van der Waals surface area contributed by atoms with Gasteiger partial charge in [-0.3, -0.25) is 9.48 Å². The molecular weight excluding hydrogens is 306 g/mol. The van der Waals surface area contributed by atoms with E-state index in [1.807, 2.05) is 39.1 Å². The van der Waals surface area contributed by atoms with Gasteiger partial charge >= 0.3 is 0 Å². The van der Waals surface area contributed by atoms with Crippen LogP contribution in [-0.4, -0.2) is 33.4 Å². The van der Waals surface area contributed by atoms with E-state index in [1.165, 1.54) is 0 Å². The second-order valence-corrected chi connectivity index (χ2v) is 5.63. The lowest BCUT2D eigenvalue weighted by Crippen LogP contribution is -2.13. The van der Waals surface area contributed by atoms with E-state index in [-0.39, 0.29) is 5.56 Å². The maximum atomic E-state index is 12.5. The summed E-state index contributed by atoms with van der Waals surface area (Å²) < 4.78 is 7.37. The molecule has 2 heterocycles. The Kier molecular flexibility index (Phi) is 4.24. The molecule has 0 spiro atoms. The summed E-state index contributed by atoms with van der Waals surface area (Å²) in [5.41, 5.74) is 3.25. The predicted octanol–water partition coefficient (Wildman–Crippen LogP) is 2.46. The second-order valence-electron chi connectivity index (χ2n) is 5.63. The fraction of sp³-hybridized carbons (Fsp3) is 0.353. The smallest absolute Gasteiger partial charge is 0.277 e. The van der Waals surface area contributed by atoms with Crippen LogP contribution >= 0.6 is 0 Å². The fourth-order valence-corrected chi connectivity index (χ4v) is 2.68. The highest BCUT2D eigenvalue weighted by Crippen LogP contribution is 2.31. The van der Waals surface area contributed by atoms with Crippen molar-refractivity contribution in [2.75, 3.05) is 19.0 Å². The molecule has 0 saturated heterocycles. The number of rotatable bonds is 5. The van der Waals surface area contributed by atoms with Gasteiger partial charge in [0.2, 0.25) is 0 Å². The van der Waals surface area contributed by atoms with E-state index in [9.17, 15) is 4.79 Å². The minimum Gasteiger partial charge on any atom is -0.493 e. The van der Waals surface area contributed by atoms with E-state index in [0.29, 0.717) is 29.2 Å². The lowest BCUT2D eigenvalue weighted by molar-refractivity contribution is 0.318. The Hall–Kier alpha value is -2.83. The molecule has 0 radical (unpaired) electrons. The summed E-state index contributed by atoms with van der Waals surface area (Å²) in [6.07, 6.45) is 0.901. The number of H-pyrrole nitrogens is 1. The summed E-state index contributed by atoms with van der Waals surface area (Å²) in [6.45, 7) is 4.49. The van der Waals surface area contributed by atoms with Crippen LogP contribution in [0.3, 0.4) is 0 Å². The van der Waals surface area contributed by atoms with Crippen molar-refractivity contribution in [2.24, 2.45) is 7.05 Å². The van der Waals surface area contributed by atoms with Crippen LogP contribution in [0.1, 0.15) is 19.0 Å². The Balaban J connectivity index is 2.22. The topological polar surface area (TPSA) is 84.8 Å². The number of aromatic amines is 1. The van der Waals surface area contributed by atoms with Crippen molar-refractivity contribution in [1.29, 1.82) is 0 Å². The first-order valence-corrected chi connectivity index (χ1v) is 7.93. The average Bonchev–Trinajstić information content (AvgIpc) is 2.87. The number of benzene rings is 1. The zero-order valence-corrected chi connectivity index (χ0v) is 14.3. The van der Waals surface area contributed by atoms with E-state index >= 15 is 0 Å². The molecule has 2 N–H and O–H groups in total. The first-order chi connectivity index (χ1) is 11.5. The number of aromatic nitrogens is 4. The molecule has 24 heavy (non-hydrogen) atoms. The van der Waals surface area contributed by atoms with Gasteiger partial charge in [-0.1, -0.05) is 6.92 Å². The quantitative estimate of drug-likeness (QED) is 0.752. The molecule has 0 amide bonds. The maximum Gasteiger partial charge on any atom is 0.277 e. The van der Waals surface area contributed by atoms with Crippen LogP contribution in [0.5, 0.6) is 5.75 Å². The van der Waals surface area contributed by atoms with E-state index in [2.05, 4.69) is 20.4 Å². The zero-order chi connectivity index (χ0) is 17.3. The Bertz CT molecular complexity index is 942. The van der Waals surface area contributed by atoms with Crippen molar-refractivity contribution >= 4 is 16.7 Å². The predicted molar refractivity (Wildman–Crippen MR) is 94.6 cm³/mol. The van der Waals surface area contributed by atoms with Crippen LogP contribution < -0.4 is 15.6 Å². The molecule has 1 aromatic carbocycles. The van der Waals surface area contributed by atoms with E-state index < -0.39 is 0 Å². The summed E-state index contributed by atoms with van der Waals surface area (Å²) in [7, 11) is 3.58. The Morgan fingerprint density at radius 3 is 2.88 bits per heavy atom. The number of nitrogens with one attached hydrogen (secondary N) is 2. The molecule has 126 valence electrons. The maximum absolute atomic E-state index is 12.5. The highest BCUT2D eigenvalue weighted by atomic mass is 16.5. The van der Waals surface area contributed by atoms with Crippen molar-refractivity contribution in [2.45, 2.75) is 20.3 Å². The highest BCUT2D eigenvalue weighted by Gasteiger charge is 2.16. The number of aryl methyl sites for hydroxylation is 2. The van der Waals surface area contributed by atoms with Gasteiger partial charge in [0.25, 0.3) is 5.56 Å². The summed E-state index contributed by atoms with van der Waals surface area (Å²) in [5.74, 6) is 1.17. The van der Waals surface area contributed by atoms with E-state index in [0.717, 1.165) is 23.4 Å². The molecule has 0 unspecified atom stereocenters. The van der Waals surface area contributed by atoms with Gasteiger partial charge in [0.1, 0.15) is 17.1 Å². The normalized spacial score (nSPS) is 11.0. The third kappa shape index (κ3) is 2.73. The summed E-state index contributed by atoms with van der Waals surface area (Å²) >= 11 is 0. The molecule has 3 aromatic rings. The first kappa shape index (κ1) is 16.0. The van der Waals surface area contributed by atoms with Crippen molar-refractivity contribution in [3.63, 3.8) is 0 Å². The molecule has 3 rings (SSSR count). The standard InChI is InChI=1S/C17H21N5O2/c1-5-8-24-13-7-6-11(18-3)9-12(13)16-19-14-10(2)21-22(4)15(14)17(23)20-16/h6-7,9,18H,5,8H2,1-4H3,(H,19,20,23). The largest absolute Gasteiger partial charge is 0.493 e. The fourth-order valence-electron chi connectivity index (χ4n) is 2.68. The molecule has 0 aliphatic carbocycles. The number of hydrogen-bond acceptors (Lipinski definition) is 5. The second kappa shape index (κ2) is 6.35. The molecule has 2 aromatic heterocycles. The lowest BCUT2D eigenvalue weighted by atomic mass is 10.1.